The number of nitrogens with two attached hydrogens (primary N) is 1. The standard InChI is InChI=1S/C17H21NO.ClH/c1-2-8-16(18)15-11-6-7-12-17(15)19-13-14-9-4-3-5-10-14;/h3-7,9-12,16H,2,8,13,18H2,1H3;1H/t16-;/m1./s1. The molecular formula is C17H22ClNO. The van der Waals surface area contributed by atoms with Crippen molar-refractivity contribution in [2.24, 2.45) is 5.73 Å². The highest BCUT2D eigenvalue weighted by Gasteiger charge is 2.10. The fraction of sp³-hybridized carbons (Fsp3) is 0.294. The Morgan fingerprint density at radius 2 is 1.65 bits per heavy atom. The fourth-order valence-electron chi connectivity index (χ4n) is 2.12. The van der Waals surface area contributed by atoms with Gasteiger partial charge in [0.1, 0.15) is 12.4 Å². The molecule has 0 fully saturated rings. The van der Waals surface area contributed by atoms with E-state index in [-0.39, 0.29) is 18.4 Å². The first-order valence-electron chi connectivity index (χ1n) is 6.82. The highest BCUT2D eigenvalue weighted by Crippen LogP contribution is 2.26. The summed E-state index contributed by atoms with van der Waals surface area (Å²) in [6.45, 7) is 2.73. The van der Waals surface area contributed by atoms with E-state index in [4.69, 9.17) is 10.5 Å². The molecule has 20 heavy (non-hydrogen) atoms. The molecule has 0 aliphatic carbocycles. The summed E-state index contributed by atoms with van der Waals surface area (Å²) in [5.41, 5.74) is 8.46. The maximum atomic E-state index is 6.20. The van der Waals surface area contributed by atoms with Crippen molar-refractivity contribution in [3.05, 3.63) is 65.7 Å². The van der Waals surface area contributed by atoms with Crippen molar-refractivity contribution in [3.63, 3.8) is 0 Å². The van der Waals surface area contributed by atoms with Crippen molar-refractivity contribution in [3.8, 4) is 5.75 Å². The smallest absolute Gasteiger partial charge is 0.124 e. The van der Waals surface area contributed by atoms with Gasteiger partial charge >= 0.3 is 0 Å². The van der Waals surface area contributed by atoms with Gasteiger partial charge in [-0.25, -0.2) is 0 Å². The first-order chi connectivity index (χ1) is 9.31. The predicted octanol–water partition coefficient (Wildman–Crippen LogP) is 4.49. The summed E-state index contributed by atoms with van der Waals surface area (Å²) >= 11 is 0. The highest BCUT2D eigenvalue weighted by atomic mass is 35.5. The van der Waals surface area contributed by atoms with Gasteiger partial charge in [0.15, 0.2) is 0 Å². The summed E-state index contributed by atoms with van der Waals surface area (Å²) in [6, 6.07) is 18.3. The molecule has 0 aliphatic rings. The minimum atomic E-state index is 0. The maximum absolute atomic E-state index is 6.20. The Morgan fingerprint density at radius 3 is 2.35 bits per heavy atom. The maximum Gasteiger partial charge on any atom is 0.124 e. The van der Waals surface area contributed by atoms with Crippen LogP contribution < -0.4 is 10.5 Å². The van der Waals surface area contributed by atoms with Crippen LogP contribution >= 0.6 is 12.4 Å². The lowest BCUT2D eigenvalue weighted by Gasteiger charge is -2.16. The Labute approximate surface area is 127 Å². The van der Waals surface area contributed by atoms with E-state index in [0.717, 1.165) is 24.2 Å². The van der Waals surface area contributed by atoms with Crippen LogP contribution in [0.1, 0.15) is 36.9 Å². The normalized spacial score (nSPS) is 11.5. The van der Waals surface area contributed by atoms with Crippen LogP contribution in [0.4, 0.5) is 0 Å². The molecule has 3 heteroatoms. The number of hydrogen-bond donors (Lipinski definition) is 1. The van der Waals surface area contributed by atoms with Crippen LogP contribution in [0.5, 0.6) is 5.75 Å². The van der Waals surface area contributed by atoms with Gasteiger partial charge in [-0.1, -0.05) is 61.9 Å². The zero-order chi connectivity index (χ0) is 13.5. The van der Waals surface area contributed by atoms with Crippen LogP contribution in [0.25, 0.3) is 0 Å². The second-order valence-electron chi connectivity index (χ2n) is 4.71. The summed E-state index contributed by atoms with van der Waals surface area (Å²) in [6.07, 6.45) is 2.06. The summed E-state index contributed by atoms with van der Waals surface area (Å²) < 4.78 is 5.91. The SMILES string of the molecule is CCC[C@@H](N)c1ccccc1OCc1ccccc1.Cl. The van der Waals surface area contributed by atoms with Crippen LogP contribution in [-0.2, 0) is 6.61 Å². The van der Waals surface area contributed by atoms with Crippen molar-refractivity contribution in [2.75, 3.05) is 0 Å². The molecule has 0 radical (unpaired) electrons. The van der Waals surface area contributed by atoms with Gasteiger partial charge in [0, 0.05) is 11.6 Å². The van der Waals surface area contributed by atoms with Crippen LogP contribution in [0.15, 0.2) is 54.6 Å². The van der Waals surface area contributed by atoms with Crippen LogP contribution in [0.3, 0.4) is 0 Å². The molecule has 0 saturated heterocycles. The van der Waals surface area contributed by atoms with Crippen molar-refractivity contribution in [1.82, 2.24) is 0 Å². The summed E-state index contributed by atoms with van der Waals surface area (Å²) in [5, 5.41) is 0. The van der Waals surface area contributed by atoms with Gasteiger partial charge in [0.25, 0.3) is 0 Å². The number of para-hydroxylation sites is 1. The lowest BCUT2D eigenvalue weighted by Crippen LogP contribution is -2.11. The van der Waals surface area contributed by atoms with E-state index < -0.39 is 0 Å². The van der Waals surface area contributed by atoms with Gasteiger partial charge in [-0.3, -0.25) is 0 Å². The summed E-state index contributed by atoms with van der Waals surface area (Å²) in [4.78, 5) is 0. The van der Waals surface area contributed by atoms with Crippen molar-refractivity contribution in [1.29, 1.82) is 0 Å². The fourth-order valence-corrected chi connectivity index (χ4v) is 2.12. The summed E-state index contributed by atoms with van der Waals surface area (Å²) in [5.74, 6) is 0.896. The van der Waals surface area contributed by atoms with Gasteiger partial charge < -0.3 is 10.5 Å². The first-order valence-corrected chi connectivity index (χ1v) is 6.82. The number of rotatable bonds is 6. The lowest BCUT2D eigenvalue weighted by molar-refractivity contribution is 0.300. The van der Waals surface area contributed by atoms with Crippen LogP contribution in [0.2, 0.25) is 0 Å². The van der Waals surface area contributed by atoms with E-state index in [2.05, 4.69) is 25.1 Å². The number of halogens is 1. The quantitative estimate of drug-likeness (QED) is 0.851. The minimum absolute atomic E-state index is 0. The van der Waals surface area contributed by atoms with Crippen molar-refractivity contribution >= 4 is 12.4 Å². The molecule has 0 saturated carbocycles. The molecule has 0 aromatic heterocycles. The Kier molecular flexibility index (Phi) is 7.13. The molecule has 2 rings (SSSR count). The number of ether oxygens (including phenoxy) is 1. The van der Waals surface area contributed by atoms with Gasteiger partial charge in [-0.15, -0.1) is 12.4 Å². The molecule has 2 aromatic carbocycles. The molecule has 108 valence electrons. The molecule has 0 spiro atoms. The Balaban J connectivity index is 0.00000200. The third kappa shape index (κ3) is 4.55. The third-order valence-electron chi connectivity index (χ3n) is 3.16. The molecule has 0 heterocycles. The minimum Gasteiger partial charge on any atom is -0.489 e. The van der Waals surface area contributed by atoms with E-state index in [1.165, 1.54) is 5.56 Å². The van der Waals surface area contributed by atoms with Crippen molar-refractivity contribution in [2.45, 2.75) is 32.4 Å². The number of benzene rings is 2. The zero-order valence-corrected chi connectivity index (χ0v) is 12.6. The van der Waals surface area contributed by atoms with Gasteiger partial charge in [0.05, 0.1) is 0 Å². The molecule has 0 aliphatic heterocycles. The van der Waals surface area contributed by atoms with E-state index in [1.54, 1.807) is 0 Å². The van der Waals surface area contributed by atoms with Gasteiger partial charge in [-0.05, 0) is 18.1 Å². The molecule has 1 atom stereocenters. The van der Waals surface area contributed by atoms with Crippen molar-refractivity contribution < 1.29 is 4.74 Å². The number of hydrogen-bond acceptors (Lipinski definition) is 2. The second-order valence-corrected chi connectivity index (χ2v) is 4.71. The van der Waals surface area contributed by atoms with E-state index in [1.807, 2.05) is 36.4 Å². The van der Waals surface area contributed by atoms with Gasteiger partial charge in [-0.2, -0.15) is 0 Å². The van der Waals surface area contributed by atoms with E-state index >= 15 is 0 Å². The largest absolute Gasteiger partial charge is 0.489 e. The molecule has 0 amide bonds. The molecular weight excluding hydrogens is 270 g/mol. The topological polar surface area (TPSA) is 35.2 Å². The molecule has 2 nitrogen and oxygen atoms in total. The Hall–Kier alpha value is -1.51. The van der Waals surface area contributed by atoms with Crippen LogP contribution in [0, 0.1) is 0 Å². The Morgan fingerprint density at radius 1 is 1.00 bits per heavy atom. The zero-order valence-electron chi connectivity index (χ0n) is 11.8. The van der Waals surface area contributed by atoms with E-state index in [0.29, 0.717) is 6.61 Å². The molecule has 2 N–H and O–H groups in total. The lowest BCUT2D eigenvalue weighted by atomic mass is 10.0. The summed E-state index contributed by atoms with van der Waals surface area (Å²) in [7, 11) is 0. The second kappa shape index (κ2) is 8.62. The average molecular weight is 292 g/mol. The molecule has 0 bridgehead atoms. The third-order valence-corrected chi connectivity index (χ3v) is 3.16. The predicted molar refractivity (Wildman–Crippen MR) is 86.3 cm³/mol. The highest BCUT2D eigenvalue weighted by molar-refractivity contribution is 5.85. The van der Waals surface area contributed by atoms with E-state index in [9.17, 15) is 0 Å². The monoisotopic (exact) mass is 291 g/mol. The molecule has 2 aromatic rings. The Bertz CT molecular complexity index is 501. The first kappa shape index (κ1) is 16.5. The average Bonchev–Trinajstić information content (AvgIpc) is 2.47. The van der Waals surface area contributed by atoms with Crippen LogP contribution in [-0.4, -0.2) is 0 Å². The molecule has 0 unspecified atom stereocenters. The van der Waals surface area contributed by atoms with Gasteiger partial charge in [0.2, 0.25) is 0 Å².